The van der Waals surface area contributed by atoms with Crippen molar-refractivity contribution in [1.29, 1.82) is 0 Å². The number of hydrogen-bond donors (Lipinski definition) is 2. The number of hydrogen-bond acceptors (Lipinski definition) is 5. The van der Waals surface area contributed by atoms with Crippen LogP contribution in [0.4, 0.5) is 0 Å². The number of ether oxygens (including phenoxy) is 3. The van der Waals surface area contributed by atoms with Crippen molar-refractivity contribution >= 4 is 5.91 Å². The molecule has 6 nitrogen and oxygen atoms in total. The van der Waals surface area contributed by atoms with Crippen LogP contribution in [0.1, 0.15) is 12.5 Å². The van der Waals surface area contributed by atoms with Crippen LogP contribution in [-0.2, 0) is 11.3 Å². The van der Waals surface area contributed by atoms with E-state index >= 15 is 0 Å². The van der Waals surface area contributed by atoms with Crippen LogP contribution in [0.5, 0.6) is 17.2 Å². The first-order valence-electron chi connectivity index (χ1n) is 6.78. The number of nitrogens with one attached hydrogen (secondary N) is 2. The van der Waals surface area contributed by atoms with Gasteiger partial charge in [-0.2, -0.15) is 0 Å². The van der Waals surface area contributed by atoms with Crippen molar-refractivity contribution in [2.24, 2.45) is 5.92 Å². The van der Waals surface area contributed by atoms with Crippen molar-refractivity contribution in [2.75, 3.05) is 34.9 Å². The smallest absolute Gasteiger partial charge is 0.224 e. The van der Waals surface area contributed by atoms with Crippen molar-refractivity contribution in [3.8, 4) is 17.2 Å². The van der Waals surface area contributed by atoms with Crippen LogP contribution in [0.15, 0.2) is 12.1 Å². The van der Waals surface area contributed by atoms with E-state index in [0.717, 1.165) is 5.56 Å². The maximum absolute atomic E-state index is 12.0. The molecular weight excluding hydrogens is 272 g/mol. The van der Waals surface area contributed by atoms with E-state index < -0.39 is 0 Å². The van der Waals surface area contributed by atoms with Crippen LogP contribution in [0.25, 0.3) is 0 Å². The number of methoxy groups -OCH3 is 3. The molecule has 6 heteroatoms. The summed E-state index contributed by atoms with van der Waals surface area (Å²) in [6.07, 6.45) is 0. The van der Waals surface area contributed by atoms with Crippen LogP contribution in [-0.4, -0.2) is 40.8 Å². The summed E-state index contributed by atoms with van der Waals surface area (Å²) in [6, 6.07) is 3.53. The molecule has 1 unspecified atom stereocenters. The third-order valence-electron chi connectivity index (χ3n) is 3.21. The Morgan fingerprint density at radius 1 is 1.14 bits per heavy atom. The summed E-state index contributed by atoms with van der Waals surface area (Å²) >= 11 is 0. The Labute approximate surface area is 125 Å². The van der Waals surface area contributed by atoms with Gasteiger partial charge in [-0.1, -0.05) is 6.92 Å². The molecule has 0 saturated carbocycles. The Bertz CT molecular complexity index is 452. The molecule has 1 aromatic carbocycles. The van der Waals surface area contributed by atoms with Gasteiger partial charge in [0.05, 0.1) is 33.4 Å². The molecule has 0 saturated heterocycles. The van der Waals surface area contributed by atoms with Gasteiger partial charge in [0.15, 0.2) is 0 Å². The van der Waals surface area contributed by atoms with Gasteiger partial charge < -0.3 is 24.8 Å². The molecule has 1 amide bonds. The van der Waals surface area contributed by atoms with E-state index in [9.17, 15) is 4.79 Å². The Hall–Kier alpha value is -1.95. The maximum atomic E-state index is 12.0. The molecule has 0 aromatic heterocycles. The van der Waals surface area contributed by atoms with Crippen LogP contribution in [0.3, 0.4) is 0 Å². The average Bonchev–Trinajstić information content (AvgIpc) is 2.51. The summed E-state index contributed by atoms with van der Waals surface area (Å²) in [5.41, 5.74) is 0.783. The van der Waals surface area contributed by atoms with E-state index in [4.69, 9.17) is 14.2 Å². The first-order chi connectivity index (χ1) is 10.1. The molecule has 0 bridgehead atoms. The topological polar surface area (TPSA) is 68.8 Å². The fourth-order valence-corrected chi connectivity index (χ4v) is 2.00. The highest BCUT2D eigenvalue weighted by Crippen LogP contribution is 2.33. The zero-order chi connectivity index (χ0) is 15.8. The van der Waals surface area contributed by atoms with Gasteiger partial charge in [-0.05, 0) is 7.05 Å². The van der Waals surface area contributed by atoms with Gasteiger partial charge in [-0.15, -0.1) is 0 Å². The predicted molar refractivity (Wildman–Crippen MR) is 81.0 cm³/mol. The van der Waals surface area contributed by atoms with Crippen LogP contribution in [0.2, 0.25) is 0 Å². The lowest BCUT2D eigenvalue weighted by Crippen LogP contribution is -2.34. The second-order valence-corrected chi connectivity index (χ2v) is 4.69. The molecule has 118 valence electrons. The number of benzene rings is 1. The molecule has 0 aliphatic heterocycles. The van der Waals surface area contributed by atoms with Gasteiger partial charge in [0.25, 0.3) is 0 Å². The van der Waals surface area contributed by atoms with E-state index in [-0.39, 0.29) is 11.8 Å². The minimum Gasteiger partial charge on any atom is -0.496 e. The van der Waals surface area contributed by atoms with Gasteiger partial charge >= 0.3 is 0 Å². The van der Waals surface area contributed by atoms with Gasteiger partial charge in [0, 0.05) is 24.6 Å². The minimum atomic E-state index is -0.106. The van der Waals surface area contributed by atoms with E-state index in [1.165, 1.54) is 0 Å². The lowest BCUT2D eigenvalue weighted by molar-refractivity contribution is -0.124. The Kier molecular flexibility index (Phi) is 6.81. The fourth-order valence-electron chi connectivity index (χ4n) is 2.00. The van der Waals surface area contributed by atoms with Gasteiger partial charge in [-0.3, -0.25) is 4.79 Å². The molecule has 0 spiro atoms. The van der Waals surface area contributed by atoms with Crippen molar-refractivity contribution in [2.45, 2.75) is 13.5 Å². The predicted octanol–water partition coefficient (Wildman–Crippen LogP) is 1.18. The van der Waals surface area contributed by atoms with Gasteiger partial charge in [0.2, 0.25) is 5.91 Å². The van der Waals surface area contributed by atoms with Gasteiger partial charge in [0.1, 0.15) is 17.2 Å². The summed E-state index contributed by atoms with van der Waals surface area (Å²) in [5, 5.41) is 5.87. The summed E-state index contributed by atoms with van der Waals surface area (Å²) in [5.74, 6) is 1.75. The Balaban J connectivity index is 2.89. The first kappa shape index (κ1) is 17.1. The number of rotatable bonds is 8. The quantitative estimate of drug-likeness (QED) is 0.754. The normalized spacial score (nSPS) is 11.7. The number of carbonyl (C=O) groups is 1. The minimum absolute atomic E-state index is 0.0238. The van der Waals surface area contributed by atoms with Crippen LogP contribution in [0, 0.1) is 5.92 Å². The van der Waals surface area contributed by atoms with E-state index in [2.05, 4.69) is 10.6 Å². The lowest BCUT2D eigenvalue weighted by atomic mass is 10.1. The van der Waals surface area contributed by atoms with E-state index in [1.807, 2.05) is 14.0 Å². The standard InChI is InChI=1S/C15H24N2O4/c1-10(8-16-2)15(18)17-9-12-13(20-4)6-11(19-3)7-14(12)21-5/h6-7,10,16H,8-9H2,1-5H3,(H,17,18). The molecule has 1 aromatic rings. The third kappa shape index (κ3) is 4.53. The van der Waals surface area contributed by atoms with Gasteiger partial charge in [-0.25, -0.2) is 0 Å². The largest absolute Gasteiger partial charge is 0.496 e. The molecular formula is C15H24N2O4. The molecule has 0 heterocycles. The Morgan fingerprint density at radius 3 is 2.14 bits per heavy atom. The lowest BCUT2D eigenvalue weighted by Gasteiger charge is -2.17. The zero-order valence-corrected chi connectivity index (χ0v) is 13.3. The number of carbonyl (C=O) groups excluding carboxylic acids is 1. The third-order valence-corrected chi connectivity index (χ3v) is 3.21. The second kappa shape index (κ2) is 8.36. The highest BCUT2D eigenvalue weighted by molar-refractivity contribution is 5.78. The van der Waals surface area contributed by atoms with Crippen LogP contribution >= 0.6 is 0 Å². The maximum Gasteiger partial charge on any atom is 0.224 e. The molecule has 1 atom stereocenters. The molecule has 0 fully saturated rings. The second-order valence-electron chi connectivity index (χ2n) is 4.69. The number of amides is 1. The monoisotopic (exact) mass is 296 g/mol. The van der Waals surface area contributed by atoms with E-state index in [1.54, 1.807) is 33.5 Å². The van der Waals surface area contributed by atoms with Crippen molar-refractivity contribution in [3.05, 3.63) is 17.7 Å². The fraction of sp³-hybridized carbons (Fsp3) is 0.533. The molecule has 21 heavy (non-hydrogen) atoms. The molecule has 0 aliphatic rings. The first-order valence-corrected chi connectivity index (χ1v) is 6.78. The van der Waals surface area contributed by atoms with E-state index in [0.29, 0.717) is 30.3 Å². The summed E-state index contributed by atoms with van der Waals surface area (Å²) in [6.45, 7) is 2.83. The SMILES string of the molecule is CNCC(C)C(=O)NCc1c(OC)cc(OC)cc1OC. The molecule has 0 aliphatic carbocycles. The molecule has 2 N–H and O–H groups in total. The average molecular weight is 296 g/mol. The van der Waals surface area contributed by atoms with Crippen molar-refractivity contribution < 1.29 is 19.0 Å². The van der Waals surface area contributed by atoms with Crippen molar-refractivity contribution in [3.63, 3.8) is 0 Å². The summed E-state index contributed by atoms with van der Waals surface area (Å²) in [4.78, 5) is 12.0. The Morgan fingerprint density at radius 2 is 1.71 bits per heavy atom. The highest BCUT2D eigenvalue weighted by Gasteiger charge is 2.16. The summed E-state index contributed by atoms with van der Waals surface area (Å²) in [7, 11) is 6.54. The molecule has 0 radical (unpaired) electrons. The summed E-state index contributed by atoms with van der Waals surface area (Å²) < 4.78 is 15.9. The van der Waals surface area contributed by atoms with Crippen LogP contribution < -0.4 is 24.8 Å². The van der Waals surface area contributed by atoms with Crippen molar-refractivity contribution in [1.82, 2.24) is 10.6 Å². The zero-order valence-electron chi connectivity index (χ0n) is 13.3. The molecule has 1 rings (SSSR count). The highest BCUT2D eigenvalue weighted by atomic mass is 16.5.